The molecule has 4 aromatic heterocycles. The summed E-state index contributed by atoms with van der Waals surface area (Å²) in [4.78, 5) is 4.92. The summed E-state index contributed by atoms with van der Waals surface area (Å²) in [5, 5.41) is 6.41. The van der Waals surface area contributed by atoms with Gasteiger partial charge in [0.25, 0.3) is 0 Å². The normalized spacial score (nSPS) is 12.9. The van der Waals surface area contributed by atoms with Gasteiger partial charge in [0.1, 0.15) is 0 Å². The Morgan fingerprint density at radius 2 is 0.778 bits per heavy atom. The number of aromatic nitrogens is 4. The summed E-state index contributed by atoms with van der Waals surface area (Å²) in [5.41, 5.74) is 24.4. The minimum Gasteiger partial charge on any atom is -0.313 e. The van der Waals surface area contributed by atoms with Gasteiger partial charge in [-0.1, -0.05) is 81.9 Å². The molecule has 0 bridgehead atoms. The summed E-state index contributed by atoms with van der Waals surface area (Å²) < 4.78 is 7.39. The fourth-order valence-corrected chi connectivity index (χ4v) is 10.5. The number of rotatable bonds is 5. The van der Waals surface area contributed by atoms with Crippen LogP contribution in [0.4, 0.5) is 0 Å². The van der Waals surface area contributed by atoms with Gasteiger partial charge in [-0.3, -0.25) is 4.98 Å². The van der Waals surface area contributed by atoms with E-state index in [1.165, 1.54) is 105 Å². The maximum absolute atomic E-state index is 4.92. The van der Waals surface area contributed by atoms with Crippen molar-refractivity contribution in [3.8, 4) is 39.3 Å². The first-order valence-corrected chi connectivity index (χ1v) is 22.2. The number of nitrogens with zero attached hydrogens (tertiary/aromatic N) is 4. The van der Waals surface area contributed by atoms with E-state index in [1.54, 1.807) is 0 Å². The lowest BCUT2D eigenvalue weighted by Gasteiger charge is -2.17. The fraction of sp³-hybridized carbons (Fsp3) is 0.136. The molecule has 0 saturated heterocycles. The molecule has 4 heterocycles. The van der Waals surface area contributed by atoms with E-state index in [-0.39, 0.29) is 0 Å². The van der Waals surface area contributed by atoms with Gasteiger partial charge < -0.3 is 13.7 Å². The van der Waals surface area contributed by atoms with Gasteiger partial charge in [0.05, 0.1) is 27.6 Å². The molecular weight excluding hydrogens is 765 g/mol. The Balaban J connectivity index is 1.04. The number of aryl methyl sites for hydroxylation is 5. The van der Waals surface area contributed by atoms with Crippen LogP contribution in [0.15, 0.2) is 157 Å². The first kappa shape index (κ1) is 37.3. The highest BCUT2D eigenvalue weighted by Gasteiger charge is 2.22. The van der Waals surface area contributed by atoms with Crippen molar-refractivity contribution in [2.75, 3.05) is 0 Å². The molecule has 4 heteroatoms. The minimum atomic E-state index is 1.04. The lowest BCUT2D eigenvalue weighted by Crippen LogP contribution is -2.04. The second kappa shape index (κ2) is 14.1. The molecule has 0 saturated carbocycles. The van der Waals surface area contributed by atoms with Crippen LogP contribution in [-0.2, 0) is 6.42 Å². The van der Waals surface area contributed by atoms with E-state index in [9.17, 15) is 0 Å². The fourth-order valence-electron chi connectivity index (χ4n) is 10.5. The molecule has 0 radical (unpaired) electrons. The highest BCUT2D eigenvalue weighted by Crippen LogP contribution is 2.40. The van der Waals surface area contributed by atoms with Crippen molar-refractivity contribution in [3.05, 3.63) is 197 Å². The zero-order valence-electron chi connectivity index (χ0n) is 36.7. The Hall–Kier alpha value is -7.43. The van der Waals surface area contributed by atoms with Crippen LogP contribution in [0.3, 0.4) is 0 Å². The number of fused-ring (bicyclic) bond motifs is 9. The second-order valence-electron chi connectivity index (χ2n) is 18.2. The molecule has 0 atom stereocenters. The van der Waals surface area contributed by atoms with Crippen molar-refractivity contribution < 1.29 is 0 Å². The van der Waals surface area contributed by atoms with E-state index < -0.39 is 0 Å². The summed E-state index contributed by atoms with van der Waals surface area (Å²) >= 11 is 0. The Kier molecular flexibility index (Phi) is 8.33. The van der Waals surface area contributed by atoms with E-state index in [4.69, 9.17) is 4.98 Å². The molecule has 1 aliphatic rings. The van der Waals surface area contributed by atoms with E-state index in [0.717, 1.165) is 46.5 Å². The molecule has 12 rings (SSSR count). The van der Waals surface area contributed by atoms with Crippen molar-refractivity contribution >= 4 is 60.6 Å². The van der Waals surface area contributed by atoms with E-state index in [1.807, 2.05) is 12.4 Å². The van der Waals surface area contributed by atoms with Gasteiger partial charge in [-0.25, -0.2) is 0 Å². The number of hydrogen-bond donors (Lipinski definition) is 0. The van der Waals surface area contributed by atoms with Crippen LogP contribution in [-0.4, -0.2) is 18.7 Å². The quantitative estimate of drug-likeness (QED) is 0.170. The molecule has 11 aromatic rings. The Morgan fingerprint density at radius 3 is 1.25 bits per heavy atom. The lowest BCUT2D eigenvalue weighted by atomic mass is 9.96. The number of benzene rings is 7. The van der Waals surface area contributed by atoms with Crippen LogP contribution in [0.25, 0.3) is 99.9 Å². The first-order valence-electron chi connectivity index (χ1n) is 22.2. The predicted octanol–water partition coefficient (Wildman–Crippen LogP) is 15.4. The maximum Gasteiger partial charge on any atom is 0.0541 e. The summed E-state index contributed by atoms with van der Waals surface area (Å²) in [6, 6.07) is 52.8. The Labute approximate surface area is 368 Å². The molecule has 0 spiro atoms. The molecule has 0 aliphatic heterocycles. The van der Waals surface area contributed by atoms with Crippen molar-refractivity contribution in [2.24, 2.45) is 0 Å². The van der Waals surface area contributed by atoms with Crippen molar-refractivity contribution in [1.82, 2.24) is 18.7 Å². The molecule has 0 amide bonds. The third-order valence-corrected chi connectivity index (χ3v) is 13.5. The smallest absolute Gasteiger partial charge is 0.0541 e. The topological polar surface area (TPSA) is 27.7 Å². The minimum absolute atomic E-state index is 1.04. The summed E-state index contributed by atoms with van der Waals surface area (Å²) in [5.74, 6) is 0. The van der Waals surface area contributed by atoms with Crippen LogP contribution < -0.4 is 0 Å². The Morgan fingerprint density at radius 1 is 0.349 bits per heavy atom. The number of pyridine rings is 1. The van der Waals surface area contributed by atoms with E-state index in [2.05, 4.69) is 201 Å². The van der Waals surface area contributed by atoms with Crippen LogP contribution in [0.1, 0.15) is 52.4 Å². The van der Waals surface area contributed by atoms with Gasteiger partial charge in [-0.2, -0.15) is 0 Å². The van der Waals surface area contributed by atoms with Gasteiger partial charge in [0, 0.05) is 78.8 Å². The number of hydrogen-bond acceptors (Lipinski definition) is 1. The largest absolute Gasteiger partial charge is 0.313 e. The molecule has 0 unspecified atom stereocenters. The molecule has 0 N–H and O–H groups in total. The monoisotopic (exact) mass is 812 g/mol. The molecule has 1 aliphatic carbocycles. The van der Waals surface area contributed by atoms with Crippen LogP contribution in [0, 0.1) is 34.6 Å². The van der Waals surface area contributed by atoms with Gasteiger partial charge in [0.2, 0.25) is 0 Å². The van der Waals surface area contributed by atoms with Gasteiger partial charge in [-0.15, -0.1) is 0 Å². The molecular formula is C59H48N4. The van der Waals surface area contributed by atoms with Crippen molar-refractivity contribution in [3.63, 3.8) is 0 Å². The Bertz CT molecular complexity index is 3470. The standard InChI is InChI=1S/C59H48N4/c1-35-7-17-54-48(23-35)49-24-36(2)8-18-55(49)61(54)45-15-13-41(14-16-45)43-29-44(34-60-33-43)42-30-46(62-56-19-9-37(3)25-50(56)51-26-38(4)10-20-57(51)62)32-47(31-42)63-58-21-11-39(5)27-52(58)53-28-40(6)12-22-59(53)63/h7,9-17,19-34H,8,18H2,1-6H3. The third kappa shape index (κ3) is 6.00. The summed E-state index contributed by atoms with van der Waals surface area (Å²) in [6.45, 7) is 13.2. The van der Waals surface area contributed by atoms with Gasteiger partial charge in [-0.05, 0) is 163 Å². The summed E-state index contributed by atoms with van der Waals surface area (Å²) in [7, 11) is 0. The third-order valence-electron chi connectivity index (χ3n) is 13.5. The van der Waals surface area contributed by atoms with Crippen LogP contribution in [0.2, 0.25) is 0 Å². The molecule has 304 valence electrons. The summed E-state index contributed by atoms with van der Waals surface area (Å²) in [6.07, 6.45) is 8.56. The van der Waals surface area contributed by atoms with Crippen molar-refractivity contribution in [2.45, 2.75) is 54.4 Å². The molecule has 4 nitrogen and oxygen atoms in total. The highest BCUT2D eigenvalue weighted by atomic mass is 15.0. The predicted molar refractivity (Wildman–Crippen MR) is 266 cm³/mol. The zero-order chi connectivity index (χ0) is 42.7. The molecule has 63 heavy (non-hydrogen) atoms. The van der Waals surface area contributed by atoms with Gasteiger partial charge >= 0.3 is 0 Å². The maximum atomic E-state index is 4.92. The molecule has 7 aromatic carbocycles. The molecule has 0 fully saturated rings. The second-order valence-corrected chi connectivity index (χ2v) is 18.2. The lowest BCUT2D eigenvalue weighted by molar-refractivity contribution is 0.856. The number of allylic oxidation sites excluding steroid dienone is 1. The van der Waals surface area contributed by atoms with E-state index in [0.29, 0.717) is 0 Å². The van der Waals surface area contributed by atoms with Gasteiger partial charge in [0.15, 0.2) is 0 Å². The van der Waals surface area contributed by atoms with Crippen LogP contribution >= 0.6 is 0 Å². The average molecular weight is 813 g/mol. The first-order chi connectivity index (χ1) is 30.6. The van der Waals surface area contributed by atoms with E-state index >= 15 is 0 Å². The zero-order valence-corrected chi connectivity index (χ0v) is 36.7. The van der Waals surface area contributed by atoms with Crippen LogP contribution in [0.5, 0.6) is 0 Å². The SMILES string of the molecule is CC1=Cc2c(n(-c3ccc(-c4cncc(-c5cc(-n6c7ccc(C)cc7c7cc(C)ccc76)cc(-n6c7ccc(C)cc7c7cc(C)ccc76)c5)c4)cc3)c3ccc(C)cc23)CC1. The highest BCUT2D eigenvalue weighted by molar-refractivity contribution is 6.11. The average Bonchev–Trinajstić information content (AvgIpc) is 3.90. The van der Waals surface area contributed by atoms with Crippen molar-refractivity contribution in [1.29, 1.82) is 0 Å².